The zero-order valence-electron chi connectivity index (χ0n) is 10.9. The van der Waals surface area contributed by atoms with Crippen molar-refractivity contribution in [2.75, 3.05) is 13.1 Å². The quantitative estimate of drug-likeness (QED) is 0.840. The highest BCUT2D eigenvalue weighted by Crippen LogP contribution is 2.35. The summed E-state index contributed by atoms with van der Waals surface area (Å²) in [4.78, 5) is 29.3. The molecule has 1 unspecified atom stereocenters. The number of pyridine rings is 1. The Bertz CT molecular complexity index is 567. The van der Waals surface area contributed by atoms with Crippen molar-refractivity contribution in [3.63, 3.8) is 0 Å². The Hall–Kier alpha value is -1.14. The maximum absolute atomic E-state index is 12.4. The minimum absolute atomic E-state index is 0.127. The fourth-order valence-corrected chi connectivity index (χ4v) is 2.92. The summed E-state index contributed by atoms with van der Waals surface area (Å²) in [6, 6.07) is 1.60. The third-order valence-electron chi connectivity index (χ3n) is 3.81. The highest BCUT2D eigenvalue weighted by atomic mass is 79.9. The Morgan fingerprint density at radius 2 is 2.30 bits per heavy atom. The Morgan fingerprint density at radius 1 is 1.60 bits per heavy atom. The molecule has 108 valence electrons. The van der Waals surface area contributed by atoms with Gasteiger partial charge in [0, 0.05) is 23.8 Å². The van der Waals surface area contributed by atoms with Gasteiger partial charge in [0.05, 0.1) is 11.0 Å². The number of carbonyl (C=O) groups excluding carboxylic acids is 1. The van der Waals surface area contributed by atoms with Crippen LogP contribution in [0.5, 0.6) is 0 Å². The van der Waals surface area contributed by atoms with E-state index >= 15 is 0 Å². The first-order chi connectivity index (χ1) is 9.39. The number of carboxylic acids is 1. The van der Waals surface area contributed by atoms with Crippen molar-refractivity contribution in [3.8, 4) is 0 Å². The van der Waals surface area contributed by atoms with E-state index < -0.39 is 11.4 Å². The average molecular weight is 362 g/mol. The van der Waals surface area contributed by atoms with Crippen LogP contribution in [0.25, 0.3) is 0 Å². The lowest BCUT2D eigenvalue weighted by atomic mass is 9.84. The van der Waals surface area contributed by atoms with Crippen LogP contribution in [0.1, 0.15) is 30.1 Å². The Kier molecular flexibility index (Phi) is 4.34. The molecule has 0 aromatic carbocycles. The van der Waals surface area contributed by atoms with E-state index in [2.05, 4.69) is 20.9 Å². The molecular weight excluding hydrogens is 348 g/mol. The molecule has 1 aliphatic heterocycles. The predicted octanol–water partition coefficient (Wildman–Crippen LogP) is 2.82. The van der Waals surface area contributed by atoms with Crippen molar-refractivity contribution in [2.24, 2.45) is 5.41 Å². The largest absolute Gasteiger partial charge is 0.481 e. The lowest BCUT2D eigenvalue weighted by molar-refractivity contribution is -0.148. The Balaban J connectivity index is 2.24. The summed E-state index contributed by atoms with van der Waals surface area (Å²) >= 11 is 9.19. The molecule has 2 rings (SSSR count). The smallest absolute Gasteiger partial charge is 0.311 e. The topological polar surface area (TPSA) is 70.5 Å². The molecule has 1 N–H and O–H groups in total. The number of nitrogens with zero attached hydrogens (tertiary/aromatic N) is 2. The number of carboxylic acid groups (broad SMARTS) is 1. The molecule has 1 aromatic rings. The van der Waals surface area contributed by atoms with Crippen molar-refractivity contribution in [1.29, 1.82) is 0 Å². The molecule has 1 aliphatic rings. The van der Waals surface area contributed by atoms with Crippen molar-refractivity contribution in [3.05, 3.63) is 27.5 Å². The van der Waals surface area contributed by atoms with Crippen LogP contribution < -0.4 is 0 Å². The molecule has 0 saturated carbocycles. The summed E-state index contributed by atoms with van der Waals surface area (Å²) in [6.07, 6.45) is 2.47. The van der Waals surface area contributed by atoms with Crippen molar-refractivity contribution in [2.45, 2.75) is 19.8 Å². The van der Waals surface area contributed by atoms with E-state index in [4.69, 9.17) is 11.6 Å². The van der Waals surface area contributed by atoms with E-state index in [0.29, 0.717) is 29.4 Å². The number of halogens is 2. The predicted molar refractivity (Wildman–Crippen MR) is 77.8 cm³/mol. The SMILES string of the molecule is CCC1(C(=O)O)CCN(C(=O)c2cc(Br)cnc2Cl)C1. The van der Waals surface area contributed by atoms with Gasteiger partial charge in [-0.2, -0.15) is 0 Å². The summed E-state index contributed by atoms with van der Waals surface area (Å²) in [5, 5.41) is 9.48. The maximum Gasteiger partial charge on any atom is 0.311 e. The first kappa shape index (κ1) is 15.3. The normalized spacial score (nSPS) is 22.1. The first-order valence-electron chi connectivity index (χ1n) is 6.23. The zero-order chi connectivity index (χ0) is 14.9. The minimum Gasteiger partial charge on any atom is -0.481 e. The molecule has 0 bridgehead atoms. The number of likely N-dealkylation sites (tertiary alicyclic amines) is 1. The number of carbonyl (C=O) groups is 2. The van der Waals surface area contributed by atoms with E-state index in [9.17, 15) is 14.7 Å². The Morgan fingerprint density at radius 3 is 2.85 bits per heavy atom. The molecule has 7 heteroatoms. The second kappa shape index (κ2) is 5.69. The number of hydrogen-bond donors (Lipinski definition) is 1. The molecule has 1 atom stereocenters. The van der Waals surface area contributed by atoms with Crippen LogP contribution in [0, 0.1) is 5.41 Å². The van der Waals surface area contributed by atoms with E-state index in [0.717, 1.165) is 0 Å². The second-order valence-corrected chi connectivity index (χ2v) is 6.18. The van der Waals surface area contributed by atoms with E-state index in [1.54, 1.807) is 6.07 Å². The van der Waals surface area contributed by atoms with Gasteiger partial charge >= 0.3 is 5.97 Å². The second-order valence-electron chi connectivity index (χ2n) is 4.91. The van der Waals surface area contributed by atoms with Gasteiger partial charge in [-0.3, -0.25) is 9.59 Å². The van der Waals surface area contributed by atoms with Gasteiger partial charge in [-0.25, -0.2) is 4.98 Å². The van der Waals surface area contributed by atoms with Crippen LogP contribution in [0.15, 0.2) is 16.7 Å². The Labute approximate surface area is 130 Å². The lowest BCUT2D eigenvalue weighted by Crippen LogP contribution is -2.36. The summed E-state index contributed by atoms with van der Waals surface area (Å²) in [5.41, 5.74) is -0.556. The van der Waals surface area contributed by atoms with Crippen LogP contribution in [0.4, 0.5) is 0 Å². The molecule has 1 saturated heterocycles. The number of amides is 1. The van der Waals surface area contributed by atoms with Gasteiger partial charge in [0.15, 0.2) is 0 Å². The summed E-state index contributed by atoms with van der Waals surface area (Å²) in [6.45, 7) is 2.46. The molecule has 20 heavy (non-hydrogen) atoms. The number of aliphatic carboxylic acids is 1. The summed E-state index contributed by atoms with van der Waals surface area (Å²) < 4.78 is 0.657. The van der Waals surface area contributed by atoms with Crippen LogP contribution in [0.3, 0.4) is 0 Å². The lowest BCUT2D eigenvalue weighted by Gasteiger charge is -2.23. The first-order valence-corrected chi connectivity index (χ1v) is 7.40. The fraction of sp³-hybridized carbons (Fsp3) is 0.462. The monoisotopic (exact) mass is 360 g/mol. The van der Waals surface area contributed by atoms with Gasteiger partial charge in [-0.1, -0.05) is 18.5 Å². The zero-order valence-corrected chi connectivity index (χ0v) is 13.2. The molecule has 1 aromatic heterocycles. The molecule has 5 nitrogen and oxygen atoms in total. The van der Waals surface area contributed by atoms with E-state index in [1.807, 2.05) is 6.92 Å². The van der Waals surface area contributed by atoms with Crippen molar-refractivity contribution in [1.82, 2.24) is 9.88 Å². The highest BCUT2D eigenvalue weighted by Gasteiger charge is 2.45. The standard InChI is InChI=1S/C13H14BrClN2O3/c1-2-13(12(19)20)3-4-17(7-13)11(18)9-5-8(14)6-16-10(9)15/h5-6H,2-4,7H2,1H3,(H,19,20). The average Bonchev–Trinajstić information content (AvgIpc) is 2.86. The van der Waals surface area contributed by atoms with E-state index in [1.165, 1.54) is 11.1 Å². The summed E-state index contributed by atoms with van der Waals surface area (Å²) in [7, 11) is 0. The van der Waals surface area contributed by atoms with Crippen molar-refractivity contribution < 1.29 is 14.7 Å². The number of hydrogen-bond acceptors (Lipinski definition) is 3. The van der Waals surface area contributed by atoms with Gasteiger partial charge < -0.3 is 10.0 Å². The molecule has 1 fully saturated rings. The van der Waals surface area contributed by atoms with Gasteiger partial charge in [0.2, 0.25) is 0 Å². The number of aromatic nitrogens is 1. The molecule has 0 radical (unpaired) electrons. The molecule has 0 spiro atoms. The third-order valence-corrected chi connectivity index (χ3v) is 4.54. The highest BCUT2D eigenvalue weighted by molar-refractivity contribution is 9.10. The van der Waals surface area contributed by atoms with E-state index in [-0.39, 0.29) is 17.6 Å². The molecule has 1 amide bonds. The minimum atomic E-state index is -0.853. The summed E-state index contributed by atoms with van der Waals surface area (Å²) in [5.74, 6) is -1.13. The third kappa shape index (κ3) is 2.67. The van der Waals surface area contributed by atoms with Crippen LogP contribution in [-0.4, -0.2) is 40.0 Å². The van der Waals surface area contributed by atoms with Crippen molar-refractivity contribution >= 4 is 39.4 Å². The van der Waals surface area contributed by atoms with Gasteiger partial charge in [0.25, 0.3) is 5.91 Å². The van der Waals surface area contributed by atoms with Crippen LogP contribution in [0.2, 0.25) is 5.15 Å². The van der Waals surface area contributed by atoms with Gasteiger partial charge in [-0.05, 0) is 34.8 Å². The van der Waals surface area contributed by atoms with Crippen LogP contribution in [-0.2, 0) is 4.79 Å². The molecule has 2 heterocycles. The van der Waals surface area contributed by atoms with Crippen LogP contribution >= 0.6 is 27.5 Å². The van der Waals surface area contributed by atoms with Gasteiger partial charge in [-0.15, -0.1) is 0 Å². The van der Waals surface area contributed by atoms with Gasteiger partial charge in [0.1, 0.15) is 5.15 Å². The fourth-order valence-electron chi connectivity index (χ4n) is 2.40. The molecular formula is C13H14BrClN2O3. The number of rotatable bonds is 3. The molecule has 0 aliphatic carbocycles. The maximum atomic E-state index is 12.4.